The molecule has 0 atom stereocenters. The van der Waals surface area contributed by atoms with Crippen LogP contribution in [-0.4, -0.2) is 11.0 Å². The Morgan fingerprint density at radius 2 is 1.84 bits per heavy atom. The highest BCUT2D eigenvalue weighted by atomic mass is 79.9. The van der Waals surface area contributed by atoms with E-state index in [1.54, 1.807) is 24.3 Å². The van der Waals surface area contributed by atoms with Crippen molar-refractivity contribution in [2.24, 2.45) is 0 Å². The Bertz CT molecular complexity index is 647. The number of anilines is 1. The molecule has 0 unspecified atom stereocenters. The molecule has 0 bridgehead atoms. The topological polar surface area (TPSA) is 49.3 Å². The number of amides is 1. The van der Waals surface area contributed by atoms with Crippen molar-refractivity contribution in [1.29, 1.82) is 0 Å². The summed E-state index contributed by atoms with van der Waals surface area (Å²) in [7, 11) is 0. The Labute approximate surface area is 128 Å². The molecule has 0 aliphatic carbocycles. The van der Waals surface area contributed by atoms with Crippen LogP contribution in [0.25, 0.3) is 0 Å². The molecule has 19 heavy (non-hydrogen) atoms. The maximum absolute atomic E-state index is 12.1. The molecule has 3 nitrogen and oxygen atoms in total. The first-order valence-electron chi connectivity index (χ1n) is 5.22. The van der Waals surface area contributed by atoms with Gasteiger partial charge < -0.3 is 10.4 Å². The summed E-state index contributed by atoms with van der Waals surface area (Å²) in [5.41, 5.74) is 0.823. The van der Waals surface area contributed by atoms with Gasteiger partial charge in [-0.3, -0.25) is 4.79 Å². The number of carbonyl (C=O) groups excluding carboxylic acids is 1. The molecule has 0 saturated heterocycles. The van der Waals surface area contributed by atoms with Gasteiger partial charge in [0.1, 0.15) is 5.75 Å². The third-order valence-electron chi connectivity index (χ3n) is 2.38. The van der Waals surface area contributed by atoms with Gasteiger partial charge in [0.05, 0.1) is 15.6 Å². The van der Waals surface area contributed by atoms with Crippen molar-refractivity contribution >= 4 is 50.7 Å². The number of aromatic hydroxyl groups is 1. The van der Waals surface area contributed by atoms with Crippen LogP contribution in [0.3, 0.4) is 0 Å². The maximum Gasteiger partial charge on any atom is 0.257 e. The highest BCUT2D eigenvalue weighted by Gasteiger charge is 2.11. The van der Waals surface area contributed by atoms with Crippen molar-refractivity contribution in [3.63, 3.8) is 0 Å². The lowest BCUT2D eigenvalue weighted by atomic mass is 10.2. The van der Waals surface area contributed by atoms with Gasteiger partial charge in [0, 0.05) is 10.2 Å². The van der Waals surface area contributed by atoms with Crippen LogP contribution in [0.5, 0.6) is 5.75 Å². The van der Waals surface area contributed by atoms with E-state index in [0.717, 1.165) is 4.47 Å². The molecule has 0 fully saturated rings. The third kappa shape index (κ3) is 3.41. The zero-order chi connectivity index (χ0) is 14.0. The van der Waals surface area contributed by atoms with Crippen molar-refractivity contribution in [3.8, 4) is 5.75 Å². The van der Waals surface area contributed by atoms with Crippen LogP contribution >= 0.6 is 39.1 Å². The predicted molar refractivity (Wildman–Crippen MR) is 80.2 cm³/mol. The number of hydrogen-bond donors (Lipinski definition) is 2. The summed E-state index contributed by atoms with van der Waals surface area (Å²) in [6.07, 6.45) is 0. The largest absolute Gasteiger partial charge is 0.506 e. The van der Waals surface area contributed by atoms with Gasteiger partial charge in [-0.1, -0.05) is 39.1 Å². The molecule has 2 aromatic rings. The quantitative estimate of drug-likeness (QED) is 0.761. The Kier molecular flexibility index (Phi) is 4.34. The number of halogens is 3. The number of hydrogen-bond acceptors (Lipinski definition) is 2. The highest BCUT2D eigenvalue weighted by Crippen LogP contribution is 2.27. The van der Waals surface area contributed by atoms with Crippen LogP contribution < -0.4 is 5.32 Å². The van der Waals surface area contributed by atoms with E-state index in [9.17, 15) is 9.90 Å². The number of phenols is 1. The lowest BCUT2D eigenvalue weighted by Gasteiger charge is -2.08. The molecule has 0 saturated carbocycles. The van der Waals surface area contributed by atoms with Crippen LogP contribution in [0.2, 0.25) is 10.0 Å². The average molecular weight is 361 g/mol. The molecule has 0 aliphatic heterocycles. The van der Waals surface area contributed by atoms with Gasteiger partial charge in [-0.15, -0.1) is 0 Å². The number of rotatable bonds is 2. The zero-order valence-corrected chi connectivity index (χ0v) is 12.6. The fourth-order valence-corrected chi connectivity index (χ4v) is 2.20. The lowest BCUT2D eigenvalue weighted by molar-refractivity contribution is 0.102. The molecule has 98 valence electrons. The maximum atomic E-state index is 12.1. The predicted octanol–water partition coefficient (Wildman–Crippen LogP) is 4.71. The van der Waals surface area contributed by atoms with E-state index in [2.05, 4.69) is 21.2 Å². The smallest absolute Gasteiger partial charge is 0.257 e. The second-order valence-corrected chi connectivity index (χ2v) is 5.47. The monoisotopic (exact) mass is 359 g/mol. The van der Waals surface area contributed by atoms with E-state index in [1.165, 1.54) is 12.1 Å². The molecule has 0 spiro atoms. The van der Waals surface area contributed by atoms with Gasteiger partial charge in [-0.2, -0.15) is 0 Å². The van der Waals surface area contributed by atoms with Crippen LogP contribution in [-0.2, 0) is 0 Å². The molecule has 2 rings (SSSR count). The second kappa shape index (κ2) is 5.82. The number of nitrogens with one attached hydrogen (secondary N) is 1. The fraction of sp³-hybridized carbons (Fsp3) is 0. The minimum absolute atomic E-state index is 0.0415. The zero-order valence-electron chi connectivity index (χ0n) is 9.45. The minimum atomic E-state index is -0.354. The van der Waals surface area contributed by atoms with E-state index in [1.807, 2.05) is 0 Å². The molecule has 0 aliphatic rings. The van der Waals surface area contributed by atoms with Crippen molar-refractivity contribution in [2.75, 3.05) is 5.32 Å². The highest BCUT2D eigenvalue weighted by molar-refractivity contribution is 9.10. The van der Waals surface area contributed by atoms with Crippen LogP contribution in [0.1, 0.15) is 10.4 Å². The van der Waals surface area contributed by atoms with Gasteiger partial charge in [0.2, 0.25) is 0 Å². The second-order valence-electron chi connectivity index (χ2n) is 3.74. The summed E-state index contributed by atoms with van der Waals surface area (Å²) in [5.74, 6) is -0.395. The number of phenolic OH excluding ortho intramolecular Hbond substituents is 1. The van der Waals surface area contributed by atoms with Crippen LogP contribution in [0, 0.1) is 0 Å². The van der Waals surface area contributed by atoms with E-state index >= 15 is 0 Å². The van der Waals surface area contributed by atoms with Crippen LogP contribution in [0.15, 0.2) is 40.9 Å². The molecule has 6 heteroatoms. The number of carbonyl (C=O) groups is 1. The van der Waals surface area contributed by atoms with Crippen molar-refractivity contribution in [3.05, 3.63) is 56.5 Å². The van der Waals surface area contributed by atoms with Gasteiger partial charge in [-0.05, 0) is 36.4 Å². The van der Waals surface area contributed by atoms with Gasteiger partial charge in [0.25, 0.3) is 5.91 Å². The van der Waals surface area contributed by atoms with Crippen molar-refractivity contribution < 1.29 is 9.90 Å². The summed E-state index contributed by atoms with van der Waals surface area (Å²) < 4.78 is 0.755. The Morgan fingerprint density at radius 1 is 1.11 bits per heavy atom. The van der Waals surface area contributed by atoms with Crippen LogP contribution in [0.4, 0.5) is 5.69 Å². The van der Waals surface area contributed by atoms with Crippen molar-refractivity contribution in [2.45, 2.75) is 0 Å². The summed E-state index contributed by atoms with van der Waals surface area (Å²) in [5, 5.41) is 12.5. The molecule has 0 aromatic heterocycles. The molecular weight excluding hydrogens is 353 g/mol. The van der Waals surface area contributed by atoms with Gasteiger partial charge in [-0.25, -0.2) is 0 Å². The van der Waals surface area contributed by atoms with E-state index < -0.39 is 0 Å². The summed E-state index contributed by atoms with van der Waals surface area (Å²) in [4.78, 5) is 12.1. The third-order valence-corrected chi connectivity index (χ3v) is 3.50. The standard InChI is InChI=1S/C13H8BrCl2NO2/c14-7-1-3-10(15)9(5-7)13(19)17-8-2-4-12(18)11(16)6-8/h1-6,18H,(H,17,19). The molecule has 0 radical (unpaired) electrons. The van der Waals surface area contributed by atoms with Gasteiger partial charge in [0.15, 0.2) is 0 Å². The lowest BCUT2D eigenvalue weighted by Crippen LogP contribution is -2.12. The van der Waals surface area contributed by atoms with Gasteiger partial charge >= 0.3 is 0 Å². The molecule has 0 heterocycles. The van der Waals surface area contributed by atoms with E-state index in [4.69, 9.17) is 23.2 Å². The average Bonchev–Trinajstić information content (AvgIpc) is 2.36. The molecule has 2 aromatic carbocycles. The Morgan fingerprint density at radius 3 is 2.53 bits per heavy atom. The Hall–Kier alpha value is -1.23. The first-order valence-corrected chi connectivity index (χ1v) is 6.77. The molecular formula is C13H8BrCl2NO2. The SMILES string of the molecule is O=C(Nc1ccc(O)c(Cl)c1)c1cc(Br)ccc1Cl. The molecule has 2 N–H and O–H groups in total. The first-order chi connectivity index (χ1) is 8.97. The normalized spacial score (nSPS) is 10.3. The molecule has 1 amide bonds. The fourth-order valence-electron chi connectivity index (χ4n) is 1.45. The van der Waals surface area contributed by atoms with E-state index in [-0.39, 0.29) is 16.7 Å². The summed E-state index contributed by atoms with van der Waals surface area (Å²) >= 11 is 15.0. The minimum Gasteiger partial charge on any atom is -0.506 e. The summed E-state index contributed by atoms with van der Waals surface area (Å²) in [6, 6.07) is 9.41. The van der Waals surface area contributed by atoms with Crippen molar-refractivity contribution in [1.82, 2.24) is 0 Å². The number of benzene rings is 2. The van der Waals surface area contributed by atoms with E-state index in [0.29, 0.717) is 16.3 Å². The first kappa shape index (κ1) is 14.2. The Balaban J connectivity index is 2.25. The summed E-state index contributed by atoms with van der Waals surface area (Å²) in [6.45, 7) is 0.